The van der Waals surface area contributed by atoms with E-state index in [1.807, 2.05) is 37.4 Å². The maximum absolute atomic E-state index is 13.8. The lowest BCUT2D eigenvalue weighted by Crippen LogP contribution is -2.34. The summed E-state index contributed by atoms with van der Waals surface area (Å²) in [6.07, 6.45) is 5.25. The summed E-state index contributed by atoms with van der Waals surface area (Å²) in [5.74, 6) is 0.725. The Morgan fingerprint density at radius 2 is 2.11 bits per heavy atom. The summed E-state index contributed by atoms with van der Waals surface area (Å²) < 4.78 is 21.2. The van der Waals surface area contributed by atoms with Gasteiger partial charge in [-0.25, -0.2) is 9.37 Å². The molecule has 1 aromatic heterocycles. The Balaban J connectivity index is 1.65. The largest absolute Gasteiger partial charge is 0.488 e. The molecule has 3 aromatic rings. The third-order valence-electron chi connectivity index (χ3n) is 4.50. The number of rotatable bonds is 4. The van der Waals surface area contributed by atoms with Gasteiger partial charge in [0, 0.05) is 25.0 Å². The number of aromatic nitrogens is 2. The lowest BCUT2D eigenvalue weighted by molar-refractivity contribution is -0.118. The van der Waals surface area contributed by atoms with E-state index in [-0.39, 0.29) is 18.3 Å². The van der Waals surface area contributed by atoms with Crippen molar-refractivity contribution in [2.75, 3.05) is 6.61 Å². The maximum Gasteiger partial charge on any atom is 0.251 e. The van der Waals surface area contributed by atoms with Crippen molar-refractivity contribution in [3.8, 4) is 5.75 Å². The highest BCUT2D eigenvalue weighted by molar-refractivity contribution is 5.99. The summed E-state index contributed by atoms with van der Waals surface area (Å²) in [6.45, 7) is 0.180. The van der Waals surface area contributed by atoms with Gasteiger partial charge in [-0.3, -0.25) is 4.79 Å². The van der Waals surface area contributed by atoms with E-state index in [2.05, 4.69) is 10.3 Å². The lowest BCUT2D eigenvalue weighted by Gasteiger charge is -2.22. The van der Waals surface area contributed by atoms with Gasteiger partial charge in [0.05, 0.1) is 5.57 Å². The summed E-state index contributed by atoms with van der Waals surface area (Å²) in [7, 11) is 1.83. The second kappa shape index (κ2) is 7.07. The first-order valence-electron chi connectivity index (χ1n) is 8.58. The van der Waals surface area contributed by atoms with E-state index in [0.717, 1.165) is 11.3 Å². The molecule has 2 aromatic carbocycles. The molecule has 0 saturated heterocycles. The summed E-state index contributed by atoms with van der Waals surface area (Å²) >= 11 is 0. The van der Waals surface area contributed by atoms with Crippen LogP contribution >= 0.6 is 0 Å². The number of imidazole rings is 1. The number of aryl methyl sites for hydroxylation is 1. The number of ether oxygens (including phenoxy) is 1. The average Bonchev–Trinajstić information content (AvgIpc) is 3.11. The van der Waals surface area contributed by atoms with Crippen LogP contribution < -0.4 is 10.1 Å². The first-order valence-corrected chi connectivity index (χ1v) is 8.58. The number of fused-ring (bicyclic) bond motifs is 1. The zero-order valence-electron chi connectivity index (χ0n) is 14.7. The monoisotopic (exact) mass is 363 g/mol. The van der Waals surface area contributed by atoms with Crippen LogP contribution in [0.2, 0.25) is 0 Å². The van der Waals surface area contributed by atoms with Crippen LogP contribution in [-0.4, -0.2) is 22.1 Å². The fraction of sp³-hybridized carbons (Fsp3) is 0.143. The van der Waals surface area contributed by atoms with Crippen LogP contribution in [0.1, 0.15) is 23.0 Å². The molecular formula is C21H18FN3O2. The van der Waals surface area contributed by atoms with Crippen LogP contribution in [0.25, 0.3) is 6.08 Å². The van der Waals surface area contributed by atoms with Crippen molar-refractivity contribution >= 4 is 12.0 Å². The normalized spacial score (nSPS) is 13.9. The molecule has 136 valence electrons. The second-order valence-electron chi connectivity index (χ2n) is 6.35. The van der Waals surface area contributed by atoms with Gasteiger partial charge in [0.15, 0.2) is 0 Å². The molecule has 6 heteroatoms. The summed E-state index contributed by atoms with van der Waals surface area (Å²) in [4.78, 5) is 17.2. The molecule has 1 amide bonds. The van der Waals surface area contributed by atoms with Gasteiger partial charge in [-0.1, -0.05) is 30.3 Å². The van der Waals surface area contributed by atoms with Crippen molar-refractivity contribution in [2.24, 2.45) is 7.05 Å². The number of nitrogens with one attached hydrogen (secondary N) is 1. The number of nitrogens with zero attached hydrogens (tertiary/aromatic N) is 2. The smallest absolute Gasteiger partial charge is 0.251 e. The molecule has 1 aliphatic heterocycles. The van der Waals surface area contributed by atoms with Crippen molar-refractivity contribution < 1.29 is 13.9 Å². The Labute approximate surface area is 156 Å². The molecule has 1 atom stereocenters. The van der Waals surface area contributed by atoms with Crippen molar-refractivity contribution in [2.45, 2.75) is 6.04 Å². The molecule has 4 rings (SSSR count). The van der Waals surface area contributed by atoms with Crippen molar-refractivity contribution in [3.05, 3.63) is 89.3 Å². The van der Waals surface area contributed by atoms with Gasteiger partial charge in [0.25, 0.3) is 5.91 Å². The number of carbonyl (C=O) groups excluding carboxylic acids is 1. The van der Waals surface area contributed by atoms with Crippen LogP contribution in [0.5, 0.6) is 5.75 Å². The summed E-state index contributed by atoms with van der Waals surface area (Å²) in [5, 5.41) is 2.97. The van der Waals surface area contributed by atoms with Gasteiger partial charge in [0.2, 0.25) is 0 Å². The first-order chi connectivity index (χ1) is 13.1. The zero-order valence-corrected chi connectivity index (χ0v) is 14.7. The lowest BCUT2D eigenvalue weighted by atomic mass is 10.0. The van der Waals surface area contributed by atoms with Crippen molar-refractivity contribution in [1.82, 2.24) is 14.9 Å². The topological polar surface area (TPSA) is 56.2 Å². The van der Waals surface area contributed by atoms with E-state index in [9.17, 15) is 9.18 Å². The van der Waals surface area contributed by atoms with Gasteiger partial charge in [-0.05, 0) is 29.8 Å². The molecular weight excluding hydrogens is 345 g/mol. The number of hydrogen-bond acceptors (Lipinski definition) is 3. The van der Waals surface area contributed by atoms with Crippen LogP contribution in [0.4, 0.5) is 4.39 Å². The molecule has 0 bridgehead atoms. The molecule has 1 aliphatic rings. The molecule has 1 unspecified atom stereocenters. The van der Waals surface area contributed by atoms with Gasteiger partial charge < -0.3 is 14.6 Å². The number of carbonyl (C=O) groups is 1. The van der Waals surface area contributed by atoms with Gasteiger partial charge in [-0.15, -0.1) is 0 Å². The molecule has 0 saturated carbocycles. The maximum atomic E-state index is 13.8. The zero-order chi connectivity index (χ0) is 18.8. The highest BCUT2D eigenvalue weighted by Crippen LogP contribution is 2.27. The van der Waals surface area contributed by atoms with E-state index in [4.69, 9.17) is 4.74 Å². The summed E-state index contributed by atoms with van der Waals surface area (Å²) in [6, 6.07) is 13.1. The highest BCUT2D eigenvalue weighted by atomic mass is 19.1. The molecule has 0 aliphatic carbocycles. The molecule has 1 N–H and O–H groups in total. The Kier molecular flexibility index (Phi) is 4.46. The quantitative estimate of drug-likeness (QED) is 0.774. The van der Waals surface area contributed by atoms with Gasteiger partial charge >= 0.3 is 0 Å². The van der Waals surface area contributed by atoms with Crippen molar-refractivity contribution in [1.29, 1.82) is 0 Å². The number of amides is 1. The first kappa shape index (κ1) is 17.0. The number of halogens is 1. The third kappa shape index (κ3) is 3.46. The Bertz CT molecular complexity index is 1030. The van der Waals surface area contributed by atoms with Crippen molar-refractivity contribution in [3.63, 3.8) is 0 Å². The van der Waals surface area contributed by atoms with Gasteiger partial charge in [0.1, 0.15) is 30.0 Å². The molecule has 5 nitrogen and oxygen atoms in total. The minimum Gasteiger partial charge on any atom is -0.488 e. The third-order valence-corrected chi connectivity index (χ3v) is 4.50. The van der Waals surface area contributed by atoms with Crippen LogP contribution in [0.3, 0.4) is 0 Å². The minimum atomic E-state index is -0.578. The minimum absolute atomic E-state index is 0.180. The predicted molar refractivity (Wildman–Crippen MR) is 99.5 cm³/mol. The molecule has 2 heterocycles. The van der Waals surface area contributed by atoms with Crippen LogP contribution in [0, 0.1) is 5.82 Å². The SMILES string of the molecule is Cn1ccnc1C(NC(=O)C1=Cc2ccccc2OC1)c1cccc(F)c1. The Morgan fingerprint density at radius 3 is 2.89 bits per heavy atom. The fourth-order valence-electron chi connectivity index (χ4n) is 3.11. The van der Waals surface area contributed by atoms with E-state index >= 15 is 0 Å². The Morgan fingerprint density at radius 1 is 1.26 bits per heavy atom. The van der Waals surface area contributed by atoms with Crippen LogP contribution in [-0.2, 0) is 11.8 Å². The average molecular weight is 363 g/mol. The number of benzene rings is 2. The second-order valence-corrected chi connectivity index (χ2v) is 6.35. The van der Waals surface area contributed by atoms with Gasteiger partial charge in [-0.2, -0.15) is 0 Å². The van der Waals surface area contributed by atoms with Crippen LogP contribution in [0.15, 0.2) is 66.5 Å². The highest BCUT2D eigenvalue weighted by Gasteiger charge is 2.24. The van der Waals surface area contributed by atoms with E-state index in [1.54, 1.807) is 29.1 Å². The molecule has 0 radical (unpaired) electrons. The number of para-hydroxylation sites is 1. The predicted octanol–water partition coefficient (Wildman–Crippen LogP) is 3.24. The fourth-order valence-corrected chi connectivity index (χ4v) is 3.11. The standard InChI is InChI=1S/C21H18FN3O2/c1-25-10-9-23-20(25)19(15-6-4-7-17(22)12-15)24-21(26)16-11-14-5-2-3-8-18(14)27-13-16/h2-12,19H,13H2,1H3,(H,24,26). The summed E-state index contributed by atoms with van der Waals surface area (Å²) in [5.41, 5.74) is 1.98. The van der Waals surface area contributed by atoms with E-state index in [0.29, 0.717) is 17.0 Å². The number of hydrogen-bond donors (Lipinski definition) is 1. The molecule has 27 heavy (non-hydrogen) atoms. The van der Waals surface area contributed by atoms with E-state index in [1.165, 1.54) is 12.1 Å². The van der Waals surface area contributed by atoms with E-state index < -0.39 is 6.04 Å². The molecule has 0 fully saturated rings. The Hall–Kier alpha value is -3.41. The molecule has 0 spiro atoms.